The first-order valence-corrected chi connectivity index (χ1v) is 11.0. The number of rotatable bonds is 8. The number of aromatic nitrogens is 1. The van der Waals surface area contributed by atoms with Gasteiger partial charge in [0.15, 0.2) is 12.3 Å². The van der Waals surface area contributed by atoms with Crippen LogP contribution in [-0.2, 0) is 22.6 Å². The van der Waals surface area contributed by atoms with E-state index in [2.05, 4.69) is 10.3 Å². The SMILES string of the molecule is COCCNC(=O)c1coc(COc2ccc3c(c2)[C@H](c2cccc(F)c2)N(C(C)=O)CC3)n1. The summed E-state index contributed by atoms with van der Waals surface area (Å²) in [5, 5.41) is 2.67. The van der Waals surface area contributed by atoms with Gasteiger partial charge in [0.2, 0.25) is 11.8 Å². The smallest absolute Gasteiger partial charge is 0.273 e. The first kappa shape index (κ1) is 23.4. The topological polar surface area (TPSA) is 93.9 Å². The van der Waals surface area contributed by atoms with E-state index in [1.807, 2.05) is 24.3 Å². The molecule has 34 heavy (non-hydrogen) atoms. The summed E-state index contributed by atoms with van der Waals surface area (Å²) in [6.45, 7) is 2.85. The van der Waals surface area contributed by atoms with Crippen LogP contribution < -0.4 is 10.1 Å². The molecule has 2 aromatic carbocycles. The third kappa shape index (κ3) is 5.26. The van der Waals surface area contributed by atoms with Crippen molar-refractivity contribution in [2.75, 3.05) is 26.8 Å². The molecule has 1 aliphatic heterocycles. The normalized spacial score (nSPS) is 15.0. The summed E-state index contributed by atoms with van der Waals surface area (Å²) in [6, 6.07) is 11.5. The first-order chi connectivity index (χ1) is 16.5. The zero-order valence-electron chi connectivity index (χ0n) is 19.0. The molecule has 0 aliphatic carbocycles. The molecule has 0 bridgehead atoms. The van der Waals surface area contributed by atoms with Crippen LogP contribution in [0.15, 0.2) is 53.1 Å². The number of benzene rings is 2. The van der Waals surface area contributed by atoms with E-state index in [0.717, 1.165) is 11.1 Å². The molecule has 1 aliphatic rings. The van der Waals surface area contributed by atoms with E-state index in [1.54, 1.807) is 18.1 Å². The second kappa shape index (κ2) is 10.5. The Morgan fingerprint density at radius 3 is 2.88 bits per heavy atom. The molecule has 0 unspecified atom stereocenters. The molecule has 2 heterocycles. The van der Waals surface area contributed by atoms with E-state index >= 15 is 0 Å². The van der Waals surface area contributed by atoms with Gasteiger partial charge in [-0.05, 0) is 47.4 Å². The number of hydrogen-bond acceptors (Lipinski definition) is 6. The van der Waals surface area contributed by atoms with Crippen molar-refractivity contribution in [2.45, 2.75) is 26.0 Å². The standard InChI is InChI=1S/C25H26FN3O5/c1-16(30)29-10-8-17-6-7-20(13-21(17)24(29)18-4-3-5-19(26)12-18)33-15-23-28-22(14-34-23)25(31)27-9-11-32-2/h3-7,12-14,24H,8-11,15H2,1-2H3,(H,27,31)/t24-/m0/s1. The fraction of sp³-hybridized carbons (Fsp3) is 0.320. The predicted octanol–water partition coefficient (Wildman–Crippen LogP) is 3.26. The maximum absolute atomic E-state index is 14.0. The third-order valence-electron chi connectivity index (χ3n) is 5.65. The Kier molecular flexibility index (Phi) is 7.22. The molecule has 178 valence electrons. The largest absolute Gasteiger partial charge is 0.484 e. The van der Waals surface area contributed by atoms with Crippen LogP contribution in [0.1, 0.15) is 46.0 Å². The summed E-state index contributed by atoms with van der Waals surface area (Å²) in [7, 11) is 1.55. The Hall–Kier alpha value is -3.72. The van der Waals surface area contributed by atoms with Gasteiger partial charge in [-0.25, -0.2) is 9.37 Å². The Balaban J connectivity index is 1.52. The van der Waals surface area contributed by atoms with Gasteiger partial charge in [-0.3, -0.25) is 9.59 Å². The third-order valence-corrected chi connectivity index (χ3v) is 5.65. The van der Waals surface area contributed by atoms with Crippen molar-refractivity contribution in [3.05, 3.63) is 82.8 Å². The van der Waals surface area contributed by atoms with Crippen molar-refractivity contribution in [1.29, 1.82) is 0 Å². The Labute approximate surface area is 196 Å². The molecule has 0 saturated heterocycles. The van der Waals surface area contributed by atoms with Crippen LogP contribution in [0.3, 0.4) is 0 Å². The molecule has 0 fully saturated rings. The van der Waals surface area contributed by atoms with Gasteiger partial charge in [-0.2, -0.15) is 0 Å². The molecule has 0 radical (unpaired) electrons. The molecule has 8 nitrogen and oxygen atoms in total. The summed E-state index contributed by atoms with van der Waals surface area (Å²) >= 11 is 0. The average molecular weight is 467 g/mol. The van der Waals surface area contributed by atoms with Crippen molar-refractivity contribution in [1.82, 2.24) is 15.2 Å². The number of halogens is 1. The highest BCUT2D eigenvalue weighted by atomic mass is 19.1. The molecule has 9 heteroatoms. The van der Waals surface area contributed by atoms with E-state index in [4.69, 9.17) is 13.9 Å². The lowest BCUT2D eigenvalue weighted by atomic mass is 9.88. The van der Waals surface area contributed by atoms with Crippen molar-refractivity contribution in [2.24, 2.45) is 0 Å². The lowest BCUT2D eigenvalue weighted by molar-refractivity contribution is -0.130. The first-order valence-electron chi connectivity index (χ1n) is 11.0. The quantitative estimate of drug-likeness (QED) is 0.511. The van der Waals surface area contributed by atoms with Gasteiger partial charge in [0.1, 0.15) is 17.8 Å². The fourth-order valence-electron chi connectivity index (χ4n) is 4.04. The van der Waals surface area contributed by atoms with Gasteiger partial charge in [0, 0.05) is 27.1 Å². The molecule has 4 rings (SSSR count). The number of ether oxygens (including phenoxy) is 2. The van der Waals surface area contributed by atoms with Crippen molar-refractivity contribution >= 4 is 11.8 Å². The summed E-state index contributed by atoms with van der Waals surface area (Å²) in [5.74, 6) is 0.00778. The molecular weight excluding hydrogens is 441 g/mol. The van der Waals surface area contributed by atoms with Crippen molar-refractivity contribution in [3.63, 3.8) is 0 Å². The number of nitrogens with zero attached hydrogens (tertiary/aromatic N) is 2. The maximum Gasteiger partial charge on any atom is 0.273 e. The van der Waals surface area contributed by atoms with Gasteiger partial charge in [0.25, 0.3) is 5.91 Å². The van der Waals surface area contributed by atoms with Crippen LogP contribution in [0, 0.1) is 5.82 Å². The molecule has 2 amide bonds. The van der Waals surface area contributed by atoms with Crippen molar-refractivity contribution < 1.29 is 27.9 Å². The number of hydrogen-bond donors (Lipinski definition) is 1. The van der Waals surface area contributed by atoms with Gasteiger partial charge in [-0.1, -0.05) is 18.2 Å². The van der Waals surface area contributed by atoms with Crippen LogP contribution in [0.5, 0.6) is 5.75 Å². The number of carbonyl (C=O) groups excluding carboxylic acids is 2. The van der Waals surface area contributed by atoms with E-state index < -0.39 is 6.04 Å². The van der Waals surface area contributed by atoms with Crippen LogP contribution in [-0.4, -0.2) is 48.5 Å². The molecule has 1 N–H and O–H groups in total. The molecule has 1 atom stereocenters. The van der Waals surface area contributed by atoms with Crippen LogP contribution in [0.4, 0.5) is 4.39 Å². The Morgan fingerprint density at radius 2 is 2.12 bits per heavy atom. The molecule has 1 aromatic heterocycles. The Bertz CT molecular complexity index is 1180. The lowest BCUT2D eigenvalue weighted by Crippen LogP contribution is -2.39. The second-order valence-electron chi connectivity index (χ2n) is 7.94. The highest BCUT2D eigenvalue weighted by molar-refractivity contribution is 5.91. The van der Waals surface area contributed by atoms with Gasteiger partial charge >= 0.3 is 0 Å². The number of amides is 2. The minimum absolute atomic E-state index is 0.0190. The van der Waals surface area contributed by atoms with E-state index in [1.165, 1.54) is 25.3 Å². The molecule has 0 spiro atoms. The molecule has 3 aromatic rings. The van der Waals surface area contributed by atoms with Gasteiger partial charge < -0.3 is 24.1 Å². The number of nitrogens with one attached hydrogen (secondary N) is 1. The lowest BCUT2D eigenvalue weighted by Gasteiger charge is -2.37. The number of oxazole rings is 1. The number of carbonyl (C=O) groups is 2. The molecular formula is C25H26FN3O5. The Morgan fingerprint density at radius 1 is 1.26 bits per heavy atom. The average Bonchev–Trinajstić information content (AvgIpc) is 3.31. The van der Waals surface area contributed by atoms with E-state index in [-0.39, 0.29) is 35.8 Å². The van der Waals surface area contributed by atoms with Crippen LogP contribution in [0.25, 0.3) is 0 Å². The summed E-state index contributed by atoms with van der Waals surface area (Å²) in [5.41, 5.74) is 2.81. The fourth-order valence-corrected chi connectivity index (χ4v) is 4.04. The highest BCUT2D eigenvalue weighted by Crippen LogP contribution is 2.37. The van der Waals surface area contributed by atoms with E-state index in [9.17, 15) is 14.0 Å². The van der Waals surface area contributed by atoms with Crippen LogP contribution >= 0.6 is 0 Å². The highest BCUT2D eigenvalue weighted by Gasteiger charge is 2.31. The predicted molar refractivity (Wildman–Crippen MR) is 121 cm³/mol. The zero-order valence-corrected chi connectivity index (χ0v) is 19.0. The maximum atomic E-state index is 14.0. The second-order valence-corrected chi connectivity index (χ2v) is 7.94. The number of fused-ring (bicyclic) bond motifs is 1. The summed E-state index contributed by atoms with van der Waals surface area (Å²) in [4.78, 5) is 30.3. The minimum Gasteiger partial charge on any atom is -0.484 e. The summed E-state index contributed by atoms with van der Waals surface area (Å²) in [6.07, 6.45) is 1.97. The molecule has 0 saturated carbocycles. The van der Waals surface area contributed by atoms with E-state index in [0.29, 0.717) is 37.4 Å². The monoisotopic (exact) mass is 467 g/mol. The van der Waals surface area contributed by atoms with Crippen LogP contribution in [0.2, 0.25) is 0 Å². The zero-order chi connectivity index (χ0) is 24.1. The van der Waals surface area contributed by atoms with Gasteiger partial charge in [0.05, 0.1) is 12.6 Å². The van der Waals surface area contributed by atoms with Crippen molar-refractivity contribution in [3.8, 4) is 5.75 Å². The number of methoxy groups -OCH3 is 1. The summed E-state index contributed by atoms with van der Waals surface area (Å²) < 4.78 is 30.1. The minimum atomic E-state index is -0.412. The van der Waals surface area contributed by atoms with Gasteiger partial charge in [-0.15, -0.1) is 0 Å².